The topological polar surface area (TPSA) is 34.1 Å². The van der Waals surface area contributed by atoms with Crippen LogP contribution in [0.5, 0.6) is 0 Å². The van der Waals surface area contributed by atoms with E-state index >= 15 is 0 Å². The maximum atomic E-state index is 11.5. The average Bonchev–Trinajstić information content (AvgIpc) is 1.82. The molecule has 0 heterocycles. The van der Waals surface area contributed by atoms with E-state index in [0.717, 1.165) is 0 Å². The van der Waals surface area contributed by atoms with Gasteiger partial charge in [-0.1, -0.05) is 41.5 Å². The summed E-state index contributed by atoms with van der Waals surface area (Å²) in [6.45, 7) is 11.0. The molecule has 0 aromatic carbocycles. The Balaban J connectivity index is 0. The number of rotatable bonds is 2. The number of carbonyl (C=O) groups is 2. The third-order valence-corrected chi connectivity index (χ3v) is 1.99. The fourth-order valence-electron chi connectivity index (χ4n) is 0.676. The van der Waals surface area contributed by atoms with Gasteiger partial charge < -0.3 is 0 Å². The molecule has 0 aromatic heterocycles. The second-order valence-electron chi connectivity index (χ2n) is 5.52. The fourth-order valence-corrected chi connectivity index (χ4v) is 0.676. The molecule has 0 aliphatic heterocycles. The molecule has 0 rings (SSSR count). The zero-order chi connectivity index (χ0) is 10.9. The molecule has 0 radical (unpaired) electrons. The minimum absolute atomic E-state index is 0. The van der Waals surface area contributed by atoms with Gasteiger partial charge in [0.2, 0.25) is 0 Å². The van der Waals surface area contributed by atoms with Crippen molar-refractivity contribution in [2.45, 2.75) is 48.0 Å². The average molecular weight is 276 g/mol. The van der Waals surface area contributed by atoms with Crippen LogP contribution in [-0.4, -0.2) is 11.6 Å². The number of carbonyl (C=O) groups excluding carboxylic acids is 2. The number of ketones is 2. The van der Waals surface area contributed by atoms with Crippen LogP contribution in [0.15, 0.2) is 0 Å². The van der Waals surface area contributed by atoms with Gasteiger partial charge in [-0.15, -0.1) is 0 Å². The second kappa shape index (κ2) is 5.35. The Morgan fingerprint density at radius 2 is 1.00 bits per heavy atom. The third kappa shape index (κ3) is 5.85. The molecule has 0 unspecified atom stereocenters. The molecule has 2 nitrogen and oxygen atoms in total. The number of Topliss-reactive ketones (excluding diaryl/α,β-unsaturated/α-hetero) is 2. The summed E-state index contributed by atoms with van der Waals surface area (Å²) < 4.78 is 0. The molecule has 0 saturated carbocycles. The fraction of sp³-hybridized carbons (Fsp3) is 0.818. The van der Waals surface area contributed by atoms with Crippen molar-refractivity contribution in [3.63, 3.8) is 0 Å². The number of hydrogen-bond acceptors (Lipinski definition) is 2. The van der Waals surface area contributed by atoms with Gasteiger partial charge in [0.15, 0.2) is 0 Å². The summed E-state index contributed by atoms with van der Waals surface area (Å²) in [4.78, 5) is 23.0. The van der Waals surface area contributed by atoms with Gasteiger partial charge in [-0.05, 0) is 0 Å². The molecule has 0 aliphatic rings. The first-order valence-corrected chi connectivity index (χ1v) is 4.62. The van der Waals surface area contributed by atoms with Crippen LogP contribution in [-0.2, 0) is 35.8 Å². The first-order chi connectivity index (χ1) is 5.55. The first-order valence-electron chi connectivity index (χ1n) is 4.62. The smallest absolute Gasteiger partial charge is 0.299 e. The van der Waals surface area contributed by atoms with Crippen molar-refractivity contribution in [2.24, 2.45) is 10.8 Å². The molecule has 0 aliphatic carbocycles. The Morgan fingerprint density at radius 3 is 1.14 bits per heavy atom. The van der Waals surface area contributed by atoms with Crippen LogP contribution >= 0.6 is 0 Å². The Hall–Kier alpha value is 0.223. The molecule has 0 amide bonds. The quantitative estimate of drug-likeness (QED) is 0.726. The summed E-state index contributed by atoms with van der Waals surface area (Å²) in [5.41, 5.74) is -0.804. The Bertz CT molecular complexity index is 194. The van der Waals surface area contributed by atoms with Crippen molar-refractivity contribution >= 4 is 11.6 Å². The third-order valence-electron chi connectivity index (χ3n) is 1.99. The maximum absolute atomic E-state index is 11.5. The van der Waals surface area contributed by atoms with Gasteiger partial charge in [0, 0.05) is 10.8 Å². The Morgan fingerprint density at radius 1 is 0.786 bits per heavy atom. The van der Waals surface area contributed by atoms with Crippen LogP contribution < -0.4 is 0 Å². The van der Waals surface area contributed by atoms with E-state index < -0.39 is 10.8 Å². The van der Waals surface area contributed by atoms with Gasteiger partial charge in [-0.2, -0.15) is 0 Å². The summed E-state index contributed by atoms with van der Waals surface area (Å²) in [5.74, 6) is 0.0415. The van der Waals surface area contributed by atoms with Crippen molar-refractivity contribution in [2.75, 3.05) is 0 Å². The van der Waals surface area contributed by atoms with Crippen molar-refractivity contribution in [1.82, 2.24) is 0 Å². The van der Waals surface area contributed by atoms with E-state index in [1.807, 2.05) is 41.5 Å². The van der Waals surface area contributed by atoms with Crippen molar-refractivity contribution in [3.8, 4) is 0 Å². The summed E-state index contributed by atoms with van der Waals surface area (Å²) in [7, 11) is 0. The van der Waals surface area contributed by atoms with Gasteiger partial charge in [0.25, 0.3) is 0 Å². The maximum Gasteiger partial charge on any atom is 2.00 e. The summed E-state index contributed by atoms with van der Waals surface area (Å²) in [6, 6.07) is 0. The van der Waals surface area contributed by atoms with Gasteiger partial charge in [0.1, 0.15) is 11.6 Å². The second-order valence-corrected chi connectivity index (χ2v) is 5.52. The first kappa shape index (κ1) is 16.6. The van der Waals surface area contributed by atoms with Gasteiger partial charge in [0.05, 0.1) is 6.42 Å². The van der Waals surface area contributed by atoms with E-state index in [0.29, 0.717) is 0 Å². The molecule has 3 heteroatoms. The number of hydrogen-bond donors (Lipinski definition) is 0. The molecular formula is C11H20O2Zr+2. The van der Waals surface area contributed by atoms with Crippen LogP contribution in [0.3, 0.4) is 0 Å². The van der Waals surface area contributed by atoms with Crippen LogP contribution in [0.2, 0.25) is 0 Å². The zero-order valence-electron chi connectivity index (χ0n) is 10.0. The molecule has 0 saturated heterocycles. The minimum atomic E-state index is -0.402. The van der Waals surface area contributed by atoms with E-state index in [-0.39, 0.29) is 44.2 Å². The summed E-state index contributed by atoms with van der Waals surface area (Å²) in [5, 5.41) is 0. The Kier molecular flexibility index (Phi) is 6.36. The molecule has 0 spiro atoms. The normalized spacial score (nSPS) is 11.9. The van der Waals surface area contributed by atoms with Gasteiger partial charge >= 0.3 is 26.2 Å². The largest absolute Gasteiger partial charge is 2.00 e. The monoisotopic (exact) mass is 274 g/mol. The SMILES string of the molecule is CC(C)(C)C(=O)CC(=O)C(C)(C)C.[Zr+2]. The predicted octanol–water partition coefficient (Wildman–Crippen LogP) is 2.60. The molecular weight excluding hydrogens is 255 g/mol. The minimum Gasteiger partial charge on any atom is -0.299 e. The van der Waals surface area contributed by atoms with Crippen LogP contribution in [0.4, 0.5) is 0 Å². The molecule has 0 fully saturated rings. The predicted molar refractivity (Wildman–Crippen MR) is 53.5 cm³/mol. The van der Waals surface area contributed by atoms with Crippen molar-refractivity contribution in [3.05, 3.63) is 0 Å². The molecule has 0 aromatic rings. The van der Waals surface area contributed by atoms with E-state index in [9.17, 15) is 9.59 Å². The standard InChI is InChI=1S/C11H20O2.Zr/c1-10(2,3)8(12)7-9(13)11(4,5)6;/h7H2,1-6H3;/q;+2. The van der Waals surface area contributed by atoms with E-state index in [1.54, 1.807) is 0 Å². The zero-order valence-corrected chi connectivity index (χ0v) is 12.5. The van der Waals surface area contributed by atoms with Gasteiger partial charge in [-0.25, -0.2) is 0 Å². The molecule has 0 bridgehead atoms. The Labute approximate surface area is 106 Å². The molecule has 0 N–H and O–H groups in total. The summed E-state index contributed by atoms with van der Waals surface area (Å²) in [6.07, 6.45) is 0.0625. The van der Waals surface area contributed by atoms with Crippen LogP contribution in [0, 0.1) is 10.8 Å². The van der Waals surface area contributed by atoms with E-state index in [1.165, 1.54) is 0 Å². The molecule has 78 valence electrons. The van der Waals surface area contributed by atoms with E-state index in [2.05, 4.69) is 0 Å². The molecule has 14 heavy (non-hydrogen) atoms. The van der Waals surface area contributed by atoms with Crippen LogP contribution in [0.1, 0.15) is 48.0 Å². The van der Waals surface area contributed by atoms with E-state index in [4.69, 9.17) is 0 Å². The van der Waals surface area contributed by atoms with Crippen molar-refractivity contribution in [1.29, 1.82) is 0 Å². The van der Waals surface area contributed by atoms with Crippen LogP contribution in [0.25, 0.3) is 0 Å². The molecule has 0 atom stereocenters. The van der Waals surface area contributed by atoms with Crippen molar-refractivity contribution < 1.29 is 35.8 Å². The van der Waals surface area contributed by atoms with Gasteiger partial charge in [-0.3, -0.25) is 9.59 Å². The summed E-state index contributed by atoms with van der Waals surface area (Å²) >= 11 is 0.